The van der Waals surface area contributed by atoms with Crippen molar-refractivity contribution in [3.63, 3.8) is 0 Å². The van der Waals surface area contributed by atoms with Crippen LogP contribution < -0.4 is 10.6 Å². The molecule has 0 aliphatic heterocycles. The molecule has 21 heavy (non-hydrogen) atoms. The number of nitrogens with two attached hydrogens (primary N) is 1. The Morgan fingerprint density at radius 1 is 1.43 bits per heavy atom. The van der Waals surface area contributed by atoms with Crippen LogP contribution in [0.4, 0.5) is 11.4 Å². The highest BCUT2D eigenvalue weighted by Gasteiger charge is 2.29. The van der Waals surface area contributed by atoms with Gasteiger partial charge in [-0.15, -0.1) is 0 Å². The summed E-state index contributed by atoms with van der Waals surface area (Å²) < 4.78 is 5.10. The molecule has 3 N–H and O–H groups in total. The molecule has 0 aromatic heterocycles. The molecule has 1 aromatic carbocycles. The van der Waals surface area contributed by atoms with Gasteiger partial charge in [-0.05, 0) is 38.0 Å². The zero-order valence-corrected chi connectivity index (χ0v) is 12.7. The van der Waals surface area contributed by atoms with Gasteiger partial charge in [0.1, 0.15) is 0 Å². The van der Waals surface area contributed by atoms with Crippen LogP contribution in [0.3, 0.4) is 0 Å². The Morgan fingerprint density at radius 2 is 2.14 bits per heavy atom. The van der Waals surface area contributed by atoms with Crippen LogP contribution in [0.5, 0.6) is 0 Å². The molecular formula is C16H24N2O3. The van der Waals surface area contributed by atoms with Gasteiger partial charge in [-0.2, -0.15) is 0 Å². The standard InChI is InChI=1S/C16H24N2O3/c1-3-21-16(20)12-10-11(17)8-9-13(12)18(2)14-6-4-5-7-15(14)19/h8-10,14-15,19H,3-7,17H2,1-2H3. The largest absolute Gasteiger partial charge is 0.462 e. The van der Waals surface area contributed by atoms with Crippen molar-refractivity contribution >= 4 is 17.3 Å². The predicted octanol–water partition coefficient (Wildman–Crippen LogP) is 2.19. The highest BCUT2D eigenvalue weighted by molar-refractivity contribution is 5.97. The van der Waals surface area contributed by atoms with Gasteiger partial charge >= 0.3 is 5.97 Å². The van der Waals surface area contributed by atoms with Crippen LogP contribution in [-0.2, 0) is 4.74 Å². The number of nitrogen functional groups attached to an aromatic ring is 1. The van der Waals surface area contributed by atoms with E-state index >= 15 is 0 Å². The molecule has 5 heteroatoms. The fourth-order valence-electron chi connectivity index (χ4n) is 2.96. The molecular weight excluding hydrogens is 268 g/mol. The Kier molecular flexibility index (Phi) is 5.07. The van der Waals surface area contributed by atoms with Crippen LogP contribution in [0.25, 0.3) is 0 Å². The van der Waals surface area contributed by atoms with E-state index < -0.39 is 0 Å². The molecule has 5 nitrogen and oxygen atoms in total. The average Bonchev–Trinajstić information content (AvgIpc) is 2.47. The third-order valence-corrected chi connectivity index (χ3v) is 4.09. The molecule has 0 amide bonds. The van der Waals surface area contributed by atoms with Crippen LogP contribution in [0.2, 0.25) is 0 Å². The number of hydrogen-bond donors (Lipinski definition) is 2. The molecule has 2 atom stereocenters. The van der Waals surface area contributed by atoms with Gasteiger partial charge < -0.3 is 20.5 Å². The summed E-state index contributed by atoms with van der Waals surface area (Å²) in [5.74, 6) is -0.378. The molecule has 0 spiro atoms. The molecule has 1 saturated carbocycles. The zero-order chi connectivity index (χ0) is 15.4. The number of esters is 1. The number of nitrogens with zero attached hydrogens (tertiary/aromatic N) is 1. The van der Waals surface area contributed by atoms with E-state index in [1.54, 1.807) is 19.1 Å². The molecule has 2 rings (SSSR count). The van der Waals surface area contributed by atoms with Crippen LogP contribution >= 0.6 is 0 Å². The molecule has 0 radical (unpaired) electrons. The molecule has 0 saturated heterocycles. The maximum atomic E-state index is 12.1. The Labute approximate surface area is 125 Å². The quantitative estimate of drug-likeness (QED) is 0.657. The summed E-state index contributed by atoms with van der Waals surface area (Å²) in [7, 11) is 1.91. The number of ether oxygens (including phenoxy) is 1. The van der Waals surface area contributed by atoms with Gasteiger partial charge in [-0.1, -0.05) is 12.8 Å². The van der Waals surface area contributed by atoms with Gasteiger partial charge in [-0.3, -0.25) is 0 Å². The van der Waals surface area contributed by atoms with E-state index in [0.29, 0.717) is 17.9 Å². The maximum Gasteiger partial charge on any atom is 0.340 e. The molecule has 2 unspecified atom stereocenters. The van der Waals surface area contributed by atoms with Gasteiger partial charge in [0.05, 0.1) is 30.0 Å². The lowest BCUT2D eigenvalue weighted by Gasteiger charge is -2.37. The smallest absolute Gasteiger partial charge is 0.340 e. The first kappa shape index (κ1) is 15.6. The van der Waals surface area contributed by atoms with E-state index in [2.05, 4.69) is 0 Å². The van der Waals surface area contributed by atoms with E-state index in [9.17, 15) is 9.90 Å². The van der Waals surface area contributed by atoms with Crippen molar-refractivity contribution in [1.29, 1.82) is 0 Å². The lowest BCUT2D eigenvalue weighted by Crippen LogP contribution is -2.44. The summed E-state index contributed by atoms with van der Waals surface area (Å²) >= 11 is 0. The Hall–Kier alpha value is -1.75. The summed E-state index contributed by atoms with van der Waals surface area (Å²) in [6.45, 7) is 2.10. The van der Waals surface area contributed by atoms with Crippen molar-refractivity contribution in [2.45, 2.75) is 44.8 Å². The zero-order valence-electron chi connectivity index (χ0n) is 12.7. The molecule has 1 fully saturated rings. The monoisotopic (exact) mass is 292 g/mol. The number of carbonyl (C=O) groups is 1. The van der Waals surface area contributed by atoms with E-state index in [1.807, 2.05) is 18.0 Å². The Balaban J connectivity index is 2.31. The van der Waals surface area contributed by atoms with Crippen molar-refractivity contribution in [2.75, 3.05) is 24.3 Å². The van der Waals surface area contributed by atoms with Crippen LogP contribution in [0.15, 0.2) is 18.2 Å². The van der Waals surface area contributed by atoms with E-state index in [4.69, 9.17) is 10.5 Å². The van der Waals surface area contributed by atoms with Crippen LogP contribution in [0.1, 0.15) is 43.0 Å². The van der Waals surface area contributed by atoms with Crippen molar-refractivity contribution < 1.29 is 14.6 Å². The molecule has 116 valence electrons. The topological polar surface area (TPSA) is 75.8 Å². The summed E-state index contributed by atoms with van der Waals surface area (Å²) in [6, 6.07) is 5.25. The second kappa shape index (κ2) is 6.80. The molecule has 0 heterocycles. The first-order chi connectivity index (χ1) is 10.0. The van der Waals surface area contributed by atoms with Crippen molar-refractivity contribution in [3.05, 3.63) is 23.8 Å². The lowest BCUT2D eigenvalue weighted by molar-refractivity contribution is 0.0526. The minimum absolute atomic E-state index is 0.0237. The van der Waals surface area contributed by atoms with Gasteiger partial charge in [0.2, 0.25) is 0 Å². The Bertz CT molecular complexity index is 504. The van der Waals surface area contributed by atoms with Crippen molar-refractivity contribution in [3.8, 4) is 0 Å². The summed E-state index contributed by atoms with van der Waals surface area (Å²) in [5, 5.41) is 10.2. The molecule has 1 aromatic rings. The summed E-state index contributed by atoms with van der Waals surface area (Å²) in [6.07, 6.45) is 3.51. The lowest BCUT2D eigenvalue weighted by atomic mass is 9.91. The van der Waals surface area contributed by atoms with E-state index in [1.165, 1.54) is 0 Å². The number of benzene rings is 1. The number of anilines is 2. The second-order valence-electron chi connectivity index (χ2n) is 5.53. The Morgan fingerprint density at radius 3 is 2.81 bits per heavy atom. The minimum atomic E-state index is -0.378. The number of aliphatic hydroxyl groups is 1. The van der Waals surface area contributed by atoms with E-state index in [0.717, 1.165) is 31.4 Å². The van der Waals surface area contributed by atoms with Gasteiger partial charge in [0.15, 0.2) is 0 Å². The summed E-state index contributed by atoms with van der Waals surface area (Å²) in [4.78, 5) is 14.1. The highest BCUT2D eigenvalue weighted by atomic mass is 16.5. The highest BCUT2D eigenvalue weighted by Crippen LogP contribution is 2.30. The number of aliphatic hydroxyl groups excluding tert-OH is 1. The number of hydrogen-bond acceptors (Lipinski definition) is 5. The fourth-order valence-corrected chi connectivity index (χ4v) is 2.96. The van der Waals surface area contributed by atoms with Gasteiger partial charge in [0.25, 0.3) is 0 Å². The van der Waals surface area contributed by atoms with Gasteiger partial charge in [-0.25, -0.2) is 4.79 Å². The third kappa shape index (κ3) is 3.47. The van der Waals surface area contributed by atoms with Crippen molar-refractivity contribution in [2.24, 2.45) is 0 Å². The van der Waals surface area contributed by atoms with Crippen LogP contribution in [0, 0.1) is 0 Å². The summed E-state index contributed by atoms with van der Waals surface area (Å²) in [5.41, 5.74) is 7.53. The molecule has 1 aliphatic carbocycles. The van der Waals surface area contributed by atoms with E-state index in [-0.39, 0.29) is 18.1 Å². The second-order valence-corrected chi connectivity index (χ2v) is 5.53. The number of carbonyl (C=O) groups excluding carboxylic acids is 1. The van der Waals surface area contributed by atoms with Crippen molar-refractivity contribution in [1.82, 2.24) is 0 Å². The third-order valence-electron chi connectivity index (χ3n) is 4.09. The normalized spacial score (nSPS) is 21.9. The minimum Gasteiger partial charge on any atom is -0.462 e. The maximum absolute atomic E-state index is 12.1. The first-order valence-corrected chi connectivity index (χ1v) is 7.52. The average molecular weight is 292 g/mol. The number of rotatable bonds is 4. The molecule has 0 bridgehead atoms. The first-order valence-electron chi connectivity index (χ1n) is 7.52. The SMILES string of the molecule is CCOC(=O)c1cc(N)ccc1N(C)C1CCCCC1O. The fraction of sp³-hybridized carbons (Fsp3) is 0.562. The van der Waals surface area contributed by atoms with Gasteiger partial charge in [0, 0.05) is 12.7 Å². The number of likely N-dealkylation sites (N-methyl/N-ethyl adjacent to an activating group) is 1. The van der Waals surface area contributed by atoms with Crippen LogP contribution in [-0.4, -0.2) is 36.9 Å². The molecule has 1 aliphatic rings. The predicted molar refractivity (Wildman–Crippen MR) is 83.5 cm³/mol.